The summed E-state index contributed by atoms with van der Waals surface area (Å²) in [5, 5.41) is 17.3. The Balaban J connectivity index is 0.000000366. The topological polar surface area (TPSA) is 113 Å². The lowest BCUT2D eigenvalue weighted by Crippen LogP contribution is -2.36. The second-order valence-electron chi connectivity index (χ2n) is 6.58. The van der Waals surface area contributed by atoms with Gasteiger partial charge in [-0.15, -0.1) is 0 Å². The minimum Gasteiger partial charge on any atom is -0.484 e. The summed E-state index contributed by atoms with van der Waals surface area (Å²) in [6, 6.07) is 12.6. The quantitative estimate of drug-likeness (QED) is 0.496. The number of carbonyl (C=O) groups is 2. The van der Waals surface area contributed by atoms with Gasteiger partial charge in [0, 0.05) is 18.7 Å². The molecule has 0 saturated heterocycles. The summed E-state index contributed by atoms with van der Waals surface area (Å²) in [6.45, 7) is 1.20. The Morgan fingerprint density at radius 2 is 1.61 bits per heavy atom. The van der Waals surface area contributed by atoms with Crippen LogP contribution in [-0.2, 0) is 22.2 Å². The van der Waals surface area contributed by atoms with Crippen LogP contribution in [0.25, 0.3) is 0 Å². The number of ether oxygens (including phenoxy) is 1. The summed E-state index contributed by atoms with van der Waals surface area (Å²) in [5.41, 5.74) is 1.49. The molecular formula is C21H21F3N2O5. The van der Waals surface area contributed by atoms with E-state index in [0.717, 1.165) is 29.7 Å². The van der Waals surface area contributed by atoms with Gasteiger partial charge in [-0.1, -0.05) is 24.3 Å². The smallest absolute Gasteiger partial charge is 0.416 e. The van der Waals surface area contributed by atoms with Crippen molar-refractivity contribution < 1.29 is 37.7 Å². The zero-order valence-electron chi connectivity index (χ0n) is 16.2. The lowest BCUT2D eigenvalue weighted by Gasteiger charge is -2.22. The van der Waals surface area contributed by atoms with Crippen LogP contribution in [0.1, 0.15) is 22.8 Å². The van der Waals surface area contributed by atoms with Crippen molar-refractivity contribution in [2.45, 2.75) is 18.7 Å². The number of benzene rings is 2. The number of rotatable bonds is 4. The Kier molecular flexibility index (Phi) is 8.17. The van der Waals surface area contributed by atoms with Crippen LogP contribution >= 0.6 is 0 Å². The molecule has 0 bridgehead atoms. The zero-order valence-corrected chi connectivity index (χ0v) is 16.2. The third-order valence-electron chi connectivity index (χ3n) is 4.30. The zero-order chi connectivity index (χ0) is 23.0. The van der Waals surface area contributed by atoms with Crippen LogP contribution in [0.3, 0.4) is 0 Å². The van der Waals surface area contributed by atoms with Crippen LogP contribution in [0.2, 0.25) is 0 Å². The summed E-state index contributed by atoms with van der Waals surface area (Å²) >= 11 is 0. The van der Waals surface area contributed by atoms with Crippen molar-refractivity contribution in [1.29, 1.82) is 0 Å². The molecule has 4 N–H and O–H groups in total. The highest BCUT2D eigenvalue weighted by molar-refractivity contribution is 5.89. The first-order valence-electron chi connectivity index (χ1n) is 9.11. The number of nitrogens with zero attached hydrogens (tertiary/aromatic N) is 1. The monoisotopic (exact) mass is 438 g/mol. The molecule has 31 heavy (non-hydrogen) atoms. The van der Waals surface area contributed by atoms with E-state index in [-0.39, 0.29) is 6.10 Å². The molecule has 3 rings (SSSR count). The lowest BCUT2D eigenvalue weighted by atomic mass is 10.0. The van der Waals surface area contributed by atoms with Crippen molar-refractivity contribution in [3.8, 4) is 5.75 Å². The van der Waals surface area contributed by atoms with Crippen LogP contribution in [0.15, 0.2) is 60.7 Å². The summed E-state index contributed by atoms with van der Waals surface area (Å²) in [6.07, 6.45) is -2.72. The van der Waals surface area contributed by atoms with E-state index in [2.05, 4.69) is 0 Å². The lowest BCUT2D eigenvalue weighted by molar-refractivity contribution is -0.137. The highest BCUT2D eigenvalue weighted by atomic mass is 19.4. The first-order chi connectivity index (χ1) is 14.6. The van der Waals surface area contributed by atoms with E-state index in [9.17, 15) is 22.8 Å². The van der Waals surface area contributed by atoms with E-state index in [1.807, 2.05) is 24.3 Å². The molecule has 2 aromatic carbocycles. The van der Waals surface area contributed by atoms with Gasteiger partial charge in [0.2, 0.25) is 0 Å². The van der Waals surface area contributed by atoms with Crippen molar-refractivity contribution in [3.05, 3.63) is 77.4 Å². The summed E-state index contributed by atoms with van der Waals surface area (Å²) in [7, 11) is 0. The standard InChI is InChI=1S/C17H17F3N2O.C4H4O4/c18-17(19,20)13-5-7-14(8-6-13)23-16-11-22(21)10-9-12-3-1-2-4-15(12)16;5-3(6)1-2-4(7)8/h1-8,16H,9-11,21H2;1-2H,(H,5,6)(H,7,8)/b;2-1-. The number of hydrogen-bond acceptors (Lipinski definition) is 5. The number of carboxylic acids is 2. The van der Waals surface area contributed by atoms with Crippen molar-refractivity contribution in [2.75, 3.05) is 13.1 Å². The Morgan fingerprint density at radius 3 is 2.16 bits per heavy atom. The molecule has 0 aromatic heterocycles. The Morgan fingerprint density at radius 1 is 1.03 bits per heavy atom. The Bertz CT molecular complexity index is 913. The van der Waals surface area contributed by atoms with E-state index >= 15 is 0 Å². The number of alkyl halides is 3. The number of hydrogen-bond donors (Lipinski definition) is 3. The molecule has 7 nitrogen and oxygen atoms in total. The number of hydrazine groups is 1. The second-order valence-corrected chi connectivity index (χ2v) is 6.58. The van der Waals surface area contributed by atoms with Crippen molar-refractivity contribution >= 4 is 11.9 Å². The van der Waals surface area contributed by atoms with Gasteiger partial charge in [-0.3, -0.25) is 5.84 Å². The summed E-state index contributed by atoms with van der Waals surface area (Å²) in [4.78, 5) is 19.1. The first-order valence-corrected chi connectivity index (χ1v) is 9.11. The van der Waals surface area contributed by atoms with E-state index in [1.165, 1.54) is 12.1 Å². The van der Waals surface area contributed by atoms with E-state index < -0.39 is 23.7 Å². The highest BCUT2D eigenvalue weighted by Crippen LogP contribution is 2.32. The van der Waals surface area contributed by atoms with Gasteiger partial charge in [-0.2, -0.15) is 13.2 Å². The van der Waals surface area contributed by atoms with Gasteiger partial charge in [0.1, 0.15) is 11.9 Å². The molecule has 0 saturated carbocycles. The minimum absolute atomic E-state index is 0.310. The normalized spacial score (nSPS) is 16.6. The number of fused-ring (bicyclic) bond motifs is 1. The average Bonchev–Trinajstić information content (AvgIpc) is 2.86. The van der Waals surface area contributed by atoms with Crippen molar-refractivity contribution in [3.63, 3.8) is 0 Å². The Hall–Kier alpha value is -3.37. The van der Waals surface area contributed by atoms with Gasteiger partial charge in [0.15, 0.2) is 0 Å². The number of carboxylic acid groups (broad SMARTS) is 2. The molecule has 0 fully saturated rings. The summed E-state index contributed by atoms with van der Waals surface area (Å²) in [5.74, 6) is 3.83. The molecule has 1 aliphatic heterocycles. The molecular weight excluding hydrogens is 417 g/mol. The molecule has 166 valence electrons. The van der Waals surface area contributed by atoms with Gasteiger partial charge >= 0.3 is 18.1 Å². The van der Waals surface area contributed by atoms with Gasteiger partial charge in [0.05, 0.1) is 12.1 Å². The van der Waals surface area contributed by atoms with Crippen LogP contribution in [0.5, 0.6) is 5.75 Å². The Labute approximate surface area is 176 Å². The molecule has 1 atom stereocenters. The van der Waals surface area contributed by atoms with Gasteiger partial charge in [-0.05, 0) is 41.8 Å². The van der Waals surface area contributed by atoms with E-state index in [1.54, 1.807) is 5.01 Å². The van der Waals surface area contributed by atoms with Gasteiger partial charge in [-0.25, -0.2) is 14.6 Å². The third-order valence-corrected chi connectivity index (χ3v) is 4.30. The van der Waals surface area contributed by atoms with E-state index in [0.29, 0.717) is 31.0 Å². The average molecular weight is 438 g/mol. The maximum atomic E-state index is 12.6. The predicted octanol–water partition coefficient (Wildman–Crippen LogP) is 3.27. The predicted molar refractivity (Wildman–Crippen MR) is 105 cm³/mol. The molecule has 0 aliphatic carbocycles. The maximum Gasteiger partial charge on any atom is 0.416 e. The largest absolute Gasteiger partial charge is 0.484 e. The highest BCUT2D eigenvalue weighted by Gasteiger charge is 2.30. The van der Waals surface area contributed by atoms with Crippen LogP contribution < -0.4 is 10.6 Å². The second kappa shape index (κ2) is 10.6. The van der Waals surface area contributed by atoms with Crippen LogP contribution in [0.4, 0.5) is 13.2 Å². The molecule has 0 spiro atoms. The van der Waals surface area contributed by atoms with E-state index in [4.69, 9.17) is 20.8 Å². The fraction of sp³-hybridized carbons (Fsp3) is 0.238. The molecule has 0 radical (unpaired) electrons. The third kappa shape index (κ3) is 7.76. The van der Waals surface area contributed by atoms with Gasteiger partial charge in [0.25, 0.3) is 0 Å². The maximum absolute atomic E-state index is 12.6. The SMILES string of the molecule is NN1CCc2ccccc2C(Oc2ccc(C(F)(F)F)cc2)C1.O=C(O)/C=C\C(=O)O. The molecule has 10 heteroatoms. The summed E-state index contributed by atoms with van der Waals surface area (Å²) < 4.78 is 43.8. The van der Waals surface area contributed by atoms with Gasteiger partial charge < -0.3 is 14.9 Å². The first kappa shape index (κ1) is 23.9. The number of aliphatic carboxylic acids is 2. The fourth-order valence-electron chi connectivity index (χ4n) is 2.87. The molecule has 1 unspecified atom stereocenters. The minimum atomic E-state index is -4.35. The fourth-order valence-corrected chi connectivity index (χ4v) is 2.87. The van der Waals surface area contributed by atoms with Crippen LogP contribution in [-0.4, -0.2) is 40.3 Å². The molecule has 0 amide bonds. The molecule has 1 aliphatic rings. The van der Waals surface area contributed by atoms with Crippen molar-refractivity contribution in [2.24, 2.45) is 5.84 Å². The number of nitrogens with two attached hydrogens (primary N) is 1. The van der Waals surface area contributed by atoms with Crippen molar-refractivity contribution in [1.82, 2.24) is 5.01 Å². The number of halogens is 3. The molecule has 1 heterocycles. The van der Waals surface area contributed by atoms with Crippen LogP contribution in [0, 0.1) is 0 Å². The molecule has 2 aromatic rings.